The van der Waals surface area contributed by atoms with E-state index in [0.717, 1.165) is 9.77 Å². The minimum atomic E-state index is -0.208. The quantitative estimate of drug-likeness (QED) is 0.414. The van der Waals surface area contributed by atoms with Crippen molar-refractivity contribution in [3.8, 4) is 0 Å². The minimum Gasteiger partial charge on any atom is -0.465 e. The highest BCUT2D eigenvalue weighted by molar-refractivity contribution is 8.02. The number of fused-ring (bicyclic) bond motifs is 1. The molecule has 1 aromatic rings. The second kappa shape index (κ2) is 8.75. The molecule has 0 fully saturated rings. The number of hydrogen-bond donors (Lipinski definition) is 0. The molecule has 0 bridgehead atoms. The number of thioether (sulfide) groups is 1. The van der Waals surface area contributed by atoms with Crippen molar-refractivity contribution in [3.05, 3.63) is 17.0 Å². The number of carbonyl (C=O) groups excluding carboxylic acids is 1. The molecule has 0 amide bonds. The Bertz CT molecular complexity index is 448. The van der Waals surface area contributed by atoms with Crippen LogP contribution in [-0.2, 0) is 23.7 Å². The maximum absolute atomic E-state index is 11.9. The molecule has 2 atom stereocenters. The molecule has 5 nitrogen and oxygen atoms in total. The Morgan fingerprint density at radius 2 is 2.29 bits per heavy atom. The fourth-order valence-electron chi connectivity index (χ4n) is 2.01. The van der Waals surface area contributed by atoms with Gasteiger partial charge >= 0.3 is 5.97 Å². The third-order valence-corrected chi connectivity index (χ3v) is 5.44. The molecule has 1 aliphatic rings. The van der Waals surface area contributed by atoms with Crippen LogP contribution in [0.1, 0.15) is 25.0 Å². The van der Waals surface area contributed by atoms with E-state index in [1.807, 2.05) is 18.4 Å². The van der Waals surface area contributed by atoms with Gasteiger partial charge in [0.25, 0.3) is 0 Å². The average Bonchev–Trinajstić information content (AvgIpc) is 2.95. The number of rotatable bonds is 8. The van der Waals surface area contributed by atoms with E-state index in [-0.39, 0.29) is 24.1 Å². The van der Waals surface area contributed by atoms with Gasteiger partial charge in [-0.25, -0.2) is 0 Å². The molecular formula is C14H20O5S2. The first-order chi connectivity index (χ1) is 10.3. The summed E-state index contributed by atoms with van der Waals surface area (Å²) in [5, 5.41) is 1.81. The molecule has 0 spiro atoms. The Morgan fingerprint density at radius 1 is 1.43 bits per heavy atom. The zero-order chi connectivity index (χ0) is 15.1. The monoisotopic (exact) mass is 332 g/mol. The van der Waals surface area contributed by atoms with Gasteiger partial charge in [-0.05, 0) is 18.4 Å². The molecule has 0 saturated heterocycles. The second-order valence-electron chi connectivity index (χ2n) is 4.43. The third-order valence-electron chi connectivity index (χ3n) is 3.02. The van der Waals surface area contributed by atoms with E-state index in [2.05, 4.69) is 0 Å². The molecule has 2 unspecified atom stereocenters. The predicted octanol–water partition coefficient (Wildman–Crippen LogP) is 2.85. The van der Waals surface area contributed by atoms with Gasteiger partial charge < -0.3 is 18.9 Å². The Hall–Kier alpha value is -0.600. The smallest absolute Gasteiger partial charge is 0.319 e. The van der Waals surface area contributed by atoms with Gasteiger partial charge in [-0.15, -0.1) is 11.3 Å². The highest BCUT2D eigenvalue weighted by Crippen LogP contribution is 2.45. The first kappa shape index (κ1) is 16.8. The number of thiophene rings is 1. The van der Waals surface area contributed by atoms with Gasteiger partial charge in [-0.2, -0.15) is 0 Å². The van der Waals surface area contributed by atoms with Crippen molar-refractivity contribution in [3.63, 3.8) is 0 Å². The molecule has 7 heteroatoms. The van der Waals surface area contributed by atoms with Crippen LogP contribution in [0, 0.1) is 0 Å². The second-order valence-corrected chi connectivity index (χ2v) is 6.82. The van der Waals surface area contributed by atoms with Crippen LogP contribution in [0.4, 0.5) is 0 Å². The lowest BCUT2D eigenvalue weighted by molar-refractivity contribution is -0.144. The molecule has 1 aliphatic heterocycles. The number of ether oxygens (including phenoxy) is 4. The number of esters is 1. The highest BCUT2D eigenvalue weighted by atomic mass is 32.2. The van der Waals surface area contributed by atoms with Crippen molar-refractivity contribution in [2.75, 3.05) is 33.7 Å². The molecule has 0 aromatic carbocycles. The summed E-state index contributed by atoms with van der Waals surface area (Å²) in [6.45, 7) is 3.46. The predicted molar refractivity (Wildman–Crippen MR) is 81.7 cm³/mol. The van der Waals surface area contributed by atoms with Gasteiger partial charge in [-0.1, -0.05) is 11.8 Å². The first-order valence-corrected chi connectivity index (χ1v) is 8.61. The highest BCUT2D eigenvalue weighted by Gasteiger charge is 2.34. The van der Waals surface area contributed by atoms with Gasteiger partial charge in [0.05, 0.1) is 30.1 Å². The van der Waals surface area contributed by atoms with Crippen molar-refractivity contribution in [1.29, 1.82) is 0 Å². The van der Waals surface area contributed by atoms with Gasteiger partial charge in [-0.3, -0.25) is 4.79 Å². The van der Waals surface area contributed by atoms with Crippen LogP contribution in [0.5, 0.6) is 0 Å². The van der Waals surface area contributed by atoms with E-state index < -0.39 is 0 Å². The molecular weight excluding hydrogens is 312 g/mol. The third kappa shape index (κ3) is 4.69. The maximum atomic E-state index is 11.9. The van der Waals surface area contributed by atoms with Crippen molar-refractivity contribution in [2.24, 2.45) is 0 Å². The lowest BCUT2D eigenvalue weighted by atomic mass is 10.1. The molecule has 1 aromatic heterocycles. The topological polar surface area (TPSA) is 54.0 Å². The van der Waals surface area contributed by atoms with Gasteiger partial charge in [0.15, 0.2) is 0 Å². The lowest BCUT2D eigenvalue weighted by Crippen LogP contribution is -2.27. The fourth-order valence-corrected chi connectivity index (χ4v) is 4.45. The van der Waals surface area contributed by atoms with Crippen molar-refractivity contribution in [2.45, 2.75) is 28.9 Å². The van der Waals surface area contributed by atoms with Crippen molar-refractivity contribution >= 4 is 29.1 Å². The summed E-state index contributed by atoms with van der Waals surface area (Å²) in [5.41, 5.74) is 1.14. The molecule has 0 radical (unpaired) electrons. The van der Waals surface area contributed by atoms with Crippen LogP contribution in [0.25, 0.3) is 0 Å². The van der Waals surface area contributed by atoms with Crippen LogP contribution in [0.3, 0.4) is 0 Å². The summed E-state index contributed by atoms with van der Waals surface area (Å²) in [4.78, 5) is 11.9. The first-order valence-electron chi connectivity index (χ1n) is 6.85. The normalized spacial score (nSPS) is 21.0. The summed E-state index contributed by atoms with van der Waals surface area (Å²) in [6.07, 6.45) is 0.491. The summed E-state index contributed by atoms with van der Waals surface area (Å²) < 4.78 is 22.3. The van der Waals surface area contributed by atoms with Crippen LogP contribution >= 0.6 is 23.1 Å². The van der Waals surface area contributed by atoms with Gasteiger partial charge in [0.2, 0.25) is 0 Å². The Kier molecular flexibility index (Phi) is 6.98. The summed E-state index contributed by atoms with van der Waals surface area (Å²) in [6, 6.07) is 2.05. The molecule has 21 heavy (non-hydrogen) atoms. The van der Waals surface area contributed by atoms with Crippen LogP contribution in [0.2, 0.25) is 0 Å². The molecule has 2 heterocycles. The standard InChI is InChI=1S/C14H20O5S2/c1-3-18-13(15)12-8-11(19-9-17-6-5-16-2)10-4-7-20-14(10)21-12/h4,7,11-12H,3,5-6,8-9H2,1-2H3. The number of methoxy groups -OCH3 is 1. The Labute approximate surface area is 132 Å². The summed E-state index contributed by atoms with van der Waals surface area (Å²) >= 11 is 3.20. The summed E-state index contributed by atoms with van der Waals surface area (Å²) in [7, 11) is 1.63. The molecule has 0 saturated carbocycles. The van der Waals surface area contributed by atoms with E-state index in [1.54, 1.807) is 30.2 Å². The van der Waals surface area contributed by atoms with E-state index >= 15 is 0 Å². The molecule has 118 valence electrons. The van der Waals surface area contributed by atoms with Gasteiger partial charge in [0, 0.05) is 19.1 Å². The van der Waals surface area contributed by atoms with E-state index in [1.165, 1.54) is 0 Å². The summed E-state index contributed by atoms with van der Waals surface area (Å²) in [5.74, 6) is -0.171. The lowest BCUT2D eigenvalue weighted by Gasteiger charge is -2.27. The van der Waals surface area contributed by atoms with Crippen molar-refractivity contribution < 1.29 is 23.7 Å². The van der Waals surface area contributed by atoms with Crippen molar-refractivity contribution in [1.82, 2.24) is 0 Å². The Balaban J connectivity index is 1.91. The van der Waals surface area contributed by atoms with E-state index in [9.17, 15) is 4.79 Å². The fraction of sp³-hybridized carbons (Fsp3) is 0.643. The van der Waals surface area contributed by atoms with Crippen LogP contribution < -0.4 is 0 Å². The molecule has 2 rings (SSSR count). The number of carbonyl (C=O) groups is 1. The van der Waals surface area contributed by atoms with E-state index in [0.29, 0.717) is 26.2 Å². The van der Waals surface area contributed by atoms with Gasteiger partial charge in [0.1, 0.15) is 12.0 Å². The maximum Gasteiger partial charge on any atom is 0.319 e. The van der Waals surface area contributed by atoms with Crippen LogP contribution in [0.15, 0.2) is 15.7 Å². The van der Waals surface area contributed by atoms with Crippen LogP contribution in [-0.4, -0.2) is 44.9 Å². The SMILES string of the molecule is CCOC(=O)C1CC(OCOCCOC)c2ccsc2S1. The molecule has 0 N–H and O–H groups in total. The molecule has 0 aliphatic carbocycles. The largest absolute Gasteiger partial charge is 0.465 e. The number of hydrogen-bond acceptors (Lipinski definition) is 7. The zero-order valence-corrected chi connectivity index (χ0v) is 13.8. The average molecular weight is 332 g/mol. The minimum absolute atomic E-state index is 0.121. The van der Waals surface area contributed by atoms with E-state index in [4.69, 9.17) is 18.9 Å². The zero-order valence-electron chi connectivity index (χ0n) is 12.2. The Morgan fingerprint density at radius 3 is 3.05 bits per heavy atom.